The first kappa shape index (κ1) is 7.99. The zero-order valence-electron chi connectivity index (χ0n) is 6.09. The number of amides is 1. The third-order valence-electron chi connectivity index (χ3n) is 1.70. The molecule has 0 bridgehead atoms. The molecule has 60 valence electrons. The molecule has 1 aliphatic rings. The van der Waals surface area contributed by atoms with Crippen LogP contribution in [0.5, 0.6) is 0 Å². The first-order valence-electron chi connectivity index (χ1n) is 3.49. The first-order chi connectivity index (χ1) is 5.24. The van der Waals surface area contributed by atoms with Gasteiger partial charge in [0.25, 0.3) is 6.54 Å². The van der Waals surface area contributed by atoms with Crippen molar-refractivity contribution in [3.05, 3.63) is 11.4 Å². The van der Waals surface area contributed by atoms with E-state index >= 15 is 0 Å². The van der Waals surface area contributed by atoms with E-state index in [-0.39, 0.29) is 19.0 Å². The van der Waals surface area contributed by atoms with Gasteiger partial charge in [-0.2, -0.15) is 0 Å². The molecule has 1 atom stereocenters. The number of alkyl halides is 1. The van der Waals surface area contributed by atoms with Crippen molar-refractivity contribution in [2.45, 2.75) is 12.6 Å². The number of carbonyl (C=O) groups is 1. The van der Waals surface area contributed by atoms with Crippen LogP contribution in [0.25, 0.3) is 4.85 Å². The average molecular weight is 156 g/mol. The Morgan fingerprint density at radius 3 is 3.00 bits per heavy atom. The summed E-state index contributed by atoms with van der Waals surface area (Å²) in [5, 5.41) is 0. The van der Waals surface area contributed by atoms with Gasteiger partial charge in [-0.1, -0.05) is 0 Å². The second kappa shape index (κ2) is 3.33. The molecule has 1 rings (SSSR count). The lowest BCUT2D eigenvalue weighted by molar-refractivity contribution is -0.128. The van der Waals surface area contributed by atoms with Crippen molar-refractivity contribution >= 4 is 5.91 Å². The molecular formula is C7H9FN2O. The zero-order chi connectivity index (χ0) is 8.27. The average Bonchev–Trinajstić information content (AvgIpc) is 2.36. The van der Waals surface area contributed by atoms with Gasteiger partial charge in [-0.15, -0.1) is 0 Å². The summed E-state index contributed by atoms with van der Waals surface area (Å²) in [5.74, 6) is -0.250. The Bertz CT molecular complexity index is 199. The van der Waals surface area contributed by atoms with Crippen molar-refractivity contribution < 1.29 is 9.18 Å². The lowest BCUT2D eigenvalue weighted by Crippen LogP contribution is -2.30. The molecule has 0 saturated carbocycles. The molecule has 1 saturated heterocycles. The van der Waals surface area contributed by atoms with Crippen molar-refractivity contribution in [1.82, 2.24) is 4.90 Å². The van der Waals surface area contributed by atoms with Crippen molar-refractivity contribution in [1.29, 1.82) is 0 Å². The molecule has 0 unspecified atom stereocenters. The Kier molecular flexibility index (Phi) is 2.42. The highest BCUT2D eigenvalue weighted by atomic mass is 19.1. The Hall–Kier alpha value is -1.11. The second-order valence-electron chi connectivity index (χ2n) is 2.54. The third-order valence-corrected chi connectivity index (χ3v) is 1.70. The number of hydrogen-bond donors (Lipinski definition) is 0. The van der Waals surface area contributed by atoms with Gasteiger partial charge >= 0.3 is 5.91 Å². The molecule has 0 aromatic rings. The Labute approximate surface area is 64.6 Å². The lowest BCUT2D eigenvalue weighted by Gasteiger charge is -2.10. The maximum absolute atomic E-state index is 12.5. The summed E-state index contributed by atoms with van der Waals surface area (Å²) < 4.78 is 12.5. The number of hydrogen-bond acceptors (Lipinski definition) is 1. The molecule has 0 aromatic carbocycles. The van der Waals surface area contributed by atoms with Crippen LogP contribution in [-0.2, 0) is 4.79 Å². The summed E-state index contributed by atoms with van der Waals surface area (Å²) >= 11 is 0. The highest BCUT2D eigenvalue weighted by molar-refractivity contribution is 5.79. The van der Waals surface area contributed by atoms with E-state index in [0.29, 0.717) is 13.0 Å². The first-order valence-corrected chi connectivity index (χ1v) is 3.49. The summed E-state index contributed by atoms with van der Waals surface area (Å²) in [5.41, 5.74) is 0. The van der Waals surface area contributed by atoms with Crippen LogP contribution in [0.15, 0.2) is 0 Å². The number of likely N-dealkylation sites (tertiary alicyclic amines) is 1. The largest absolute Gasteiger partial charge is 0.333 e. The van der Waals surface area contributed by atoms with Crippen molar-refractivity contribution in [3.63, 3.8) is 0 Å². The Morgan fingerprint density at radius 1 is 1.82 bits per heavy atom. The van der Waals surface area contributed by atoms with Gasteiger partial charge in [0.1, 0.15) is 6.17 Å². The van der Waals surface area contributed by atoms with E-state index in [9.17, 15) is 9.18 Å². The van der Waals surface area contributed by atoms with Gasteiger partial charge in [0.2, 0.25) is 0 Å². The smallest absolute Gasteiger partial charge is 0.302 e. The van der Waals surface area contributed by atoms with Gasteiger partial charge in [-0.3, -0.25) is 4.79 Å². The van der Waals surface area contributed by atoms with Gasteiger partial charge < -0.3 is 9.74 Å². The van der Waals surface area contributed by atoms with Crippen LogP contribution < -0.4 is 0 Å². The topological polar surface area (TPSA) is 24.7 Å². The SMILES string of the molecule is [C-]#[N+]CC(=O)N1CC[C@@H](F)C1. The van der Waals surface area contributed by atoms with E-state index in [1.54, 1.807) is 0 Å². The molecule has 0 spiro atoms. The maximum Gasteiger partial charge on any atom is 0.302 e. The maximum atomic E-state index is 12.5. The van der Waals surface area contributed by atoms with Gasteiger partial charge in [0.05, 0.1) is 6.54 Å². The second-order valence-corrected chi connectivity index (χ2v) is 2.54. The number of nitrogens with zero attached hydrogens (tertiary/aromatic N) is 2. The minimum absolute atomic E-state index is 0.146. The Balaban J connectivity index is 2.38. The molecule has 0 N–H and O–H groups in total. The van der Waals surface area contributed by atoms with Crippen molar-refractivity contribution in [2.75, 3.05) is 19.6 Å². The Morgan fingerprint density at radius 2 is 2.55 bits per heavy atom. The molecule has 0 radical (unpaired) electrons. The van der Waals surface area contributed by atoms with Crippen LogP contribution in [0.2, 0.25) is 0 Å². The molecule has 0 aromatic heterocycles. The zero-order valence-corrected chi connectivity index (χ0v) is 6.09. The normalized spacial score (nSPS) is 23.3. The third kappa shape index (κ3) is 1.90. The predicted molar refractivity (Wildman–Crippen MR) is 37.6 cm³/mol. The lowest BCUT2D eigenvalue weighted by atomic mass is 10.3. The highest BCUT2D eigenvalue weighted by Crippen LogP contribution is 2.11. The van der Waals surface area contributed by atoms with Crippen LogP contribution in [-0.4, -0.2) is 36.6 Å². The highest BCUT2D eigenvalue weighted by Gasteiger charge is 2.26. The molecule has 1 fully saturated rings. The summed E-state index contributed by atoms with van der Waals surface area (Å²) in [7, 11) is 0. The minimum atomic E-state index is -0.885. The van der Waals surface area contributed by atoms with Crippen LogP contribution >= 0.6 is 0 Å². The molecule has 11 heavy (non-hydrogen) atoms. The molecule has 1 aliphatic heterocycles. The summed E-state index contributed by atoms with van der Waals surface area (Å²) in [6, 6.07) is 0. The van der Waals surface area contributed by atoms with Crippen LogP contribution in [0.1, 0.15) is 6.42 Å². The fourth-order valence-electron chi connectivity index (χ4n) is 1.11. The fraction of sp³-hybridized carbons (Fsp3) is 0.714. The molecule has 4 heteroatoms. The molecule has 3 nitrogen and oxygen atoms in total. The minimum Gasteiger partial charge on any atom is -0.333 e. The van der Waals surface area contributed by atoms with Gasteiger partial charge in [0.15, 0.2) is 0 Å². The van der Waals surface area contributed by atoms with E-state index in [1.165, 1.54) is 4.90 Å². The standard InChI is InChI=1S/C7H9FN2O/c1-9-4-7(11)10-3-2-6(8)5-10/h6H,2-5H2/t6-/m1/s1. The van der Waals surface area contributed by atoms with E-state index < -0.39 is 6.17 Å². The molecule has 0 aliphatic carbocycles. The van der Waals surface area contributed by atoms with Gasteiger partial charge in [-0.25, -0.2) is 11.0 Å². The number of halogens is 1. The van der Waals surface area contributed by atoms with E-state index in [0.717, 1.165) is 0 Å². The number of rotatable bonds is 1. The summed E-state index contributed by atoms with van der Waals surface area (Å²) in [4.78, 5) is 15.3. The fourth-order valence-corrected chi connectivity index (χ4v) is 1.11. The van der Waals surface area contributed by atoms with Crippen molar-refractivity contribution in [2.24, 2.45) is 0 Å². The monoisotopic (exact) mass is 156 g/mol. The van der Waals surface area contributed by atoms with Gasteiger partial charge in [0, 0.05) is 6.54 Å². The van der Waals surface area contributed by atoms with E-state index in [4.69, 9.17) is 6.57 Å². The van der Waals surface area contributed by atoms with Gasteiger partial charge in [-0.05, 0) is 6.42 Å². The molecular weight excluding hydrogens is 147 g/mol. The quantitative estimate of drug-likeness (QED) is 0.507. The molecule has 1 heterocycles. The van der Waals surface area contributed by atoms with E-state index in [2.05, 4.69) is 4.85 Å². The van der Waals surface area contributed by atoms with Crippen LogP contribution in [0.3, 0.4) is 0 Å². The predicted octanol–water partition coefficient (Wildman–Crippen LogP) is 0.476. The van der Waals surface area contributed by atoms with E-state index in [1.807, 2.05) is 0 Å². The summed E-state index contributed by atoms with van der Waals surface area (Å²) in [6.45, 7) is 6.93. The van der Waals surface area contributed by atoms with Crippen LogP contribution in [0, 0.1) is 6.57 Å². The van der Waals surface area contributed by atoms with Crippen molar-refractivity contribution in [3.8, 4) is 0 Å². The molecule has 1 amide bonds. The number of carbonyl (C=O) groups excluding carboxylic acids is 1. The van der Waals surface area contributed by atoms with Crippen LogP contribution in [0.4, 0.5) is 4.39 Å². The summed E-state index contributed by atoms with van der Waals surface area (Å²) in [6.07, 6.45) is -0.464.